The van der Waals surface area contributed by atoms with E-state index >= 15 is 0 Å². The van der Waals surface area contributed by atoms with Crippen LogP contribution in [-0.2, 0) is 11.8 Å². The molecule has 1 atom stereocenters. The van der Waals surface area contributed by atoms with Gasteiger partial charge in [-0.1, -0.05) is 74.2 Å². The zero-order chi connectivity index (χ0) is 21.1. The molecule has 1 unspecified atom stereocenters. The van der Waals surface area contributed by atoms with Crippen LogP contribution in [0.25, 0.3) is 0 Å². The van der Waals surface area contributed by atoms with E-state index in [9.17, 15) is 0 Å². The Morgan fingerprint density at radius 2 is 1.67 bits per heavy atom. The van der Waals surface area contributed by atoms with Gasteiger partial charge in [0.1, 0.15) is 0 Å². The Kier molecular flexibility index (Phi) is 5.37. The standard InChI is InChI=1S/C27H28N2O/c1-20(18-26-29(4)24-16-10-11-17-25(24)30-26)27(2,19-21-12-6-5-7-13-21)22-14-8-9-15-23(22)28-3/h5-18,28H,1,19H2,2-4H3/b26-18-. The number of nitrogens with one attached hydrogen (secondary N) is 1. The Bertz CT molecular complexity index is 1090. The van der Waals surface area contributed by atoms with Crippen LogP contribution in [0.5, 0.6) is 5.75 Å². The monoisotopic (exact) mass is 396 g/mol. The number of hydrogen-bond donors (Lipinski definition) is 1. The molecule has 30 heavy (non-hydrogen) atoms. The van der Waals surface area contributed by atoms with Crippen LogP contribution in [0.2, 0.25) is 0 Å². The first-order valence-electron chi connectivity index (χ1n) is 10.3. The van der Waals surface area contributed by atoms with Gasteiger partial charge in [-0.25, -0.2) is 0 Å². The summed E-state index contributed by atoms with van der Waals surface area (Å²) in [6, 6.07) is 27.1. The first kappa shape index (κ1) is 19.8. The lowest BCUT2D eigenvalue weighted by Crippen LogP contribution is -2.28. The molecule has 3 aromatic rings. The number of allylic oxidation sites excluding steroid dienone is 2. The number of benzene rings is 3. The first-order chi connectivity index (χ1) is 14.5. The van der Waals surface area contributed by atoms with Gasteiger partial charge in [-0.05, 0) is 41.3 Å². The molecule has 0 fully saturated rings. The summed E-state index contributed by atoms with van der Waals surface area (Å²) in [4.78, 5) is 2.08. The second-order valence-electron chi connectivity index (χ2n) is 7.93. The Hall–Kier alpha value is -3.46. The van der Waals surface area contributed by atoms with Crippen molar-refractivity contribution in [3.8, 4) is 5.75 Å². The lowest BCUT2D eigenvalue weighted by Gasteiger charge is -2.33. The molecule has 0 spiro atoms. The summed E-state index contributed by atoms with van der Waals surface area (Å²) in [6.07, 6.45) is 2.92. The van der Waals surface area contributed by atoms with Gasteiger partial charge in [0.05, 0.1) is 5.69 Å². The minimum Gasteiger partial charge on any atom is -0.439 e. The lowest BCUT2D eigenvalue weighted by atomic mass is 9.71. The summed E-state index contributed by atoms with van der Waals surface area (Å²) >= 11 is 0. The predicted octanol–water partition coefficient (Wildman–Crippen LogP) is 6.16. The fourth-order valence-electron chi connectivity index (χ4n) is 4.12. The highest BCUT2D eigenvalue weighted by Gasteiger charge is 2.33. The topological polar surface area (TPSA) is 24.5 Å². The molecule has 0 aromatic heterocycles. The fourth-order valence-corrected chi connectivity index (χ4v) is 4.12. The highest BCUT2D eigenvalue weighted by Crippen LogP contribution is 2.42. The quantitative estimate of drug-likeness (QED) is 0.540. The van der Waals surface area contributed by atoms with Crippen LogP contribution in [0.3, 0.4) is 0 Å². The highest BCUT2D eigenvalue weighted by atomic mass is 16.5. The van der Waals surface area contributed by atoms with Crippen molar-refractivity contribution in [2.75, 3.05) is 24.3 Å². The van der Waals surface area contributed by atoms with Crippen molar-refractivity contribution in [3.05, 3.63) is 114 Å². The molecule has 0 radical (unpaired) electrons. The van der Waals surface area contributed by atoms with E-state index in [2.05, 4.69) is 90.5 Å². The molecular formula is C27H28N2O. The Morgan fingerprint density at radius 3 is 2.40 bits per heavy atom. The zero-order valence-electron chi connectivity index (χ0n) is 17.9. The van der Waals surface area contributed by atoms with Gasteiger partial charge in [0.15, 0.2) is 5.75 Å². The van der Waals surface area contributed by atoms with Crippen LogP contribution in [0.1, 0.15) is 18.1 Å². The molecule has 3 heteroatoms. The van der Waals surface area contributed by atoms with Crippen LogP contribution in [0.4, 0.5) is 11.4 Å². The van der Waals surface area contributed by atoms with Gasteiger partial charge in [-0.2, -0.15) is 0 Å². The summed E-state index contributed by atoms with van der Waals surface area (Å²) in [5, 5.41) is 3.36. The third kappa shape index (κ3) is 3.59. The van der Waals surface area contributed by atoms with Crippen LogP contribution in [0, 0.1) is 0 Å². The van der Waals surface area contributed by atoms with E-state index in [-0.39, 0.29) is 5.41 Å². The molecule has 0 saturated carbocycles. The van der Waals surface area contributed by atoms with Crippen molar-refractivity contribution in [2.45, 2.75) is 18.8 Å². The van der Waals surface area contributed by atoms with Crippen molar-refractivity contribution in [2.24, 2.45) is 0 Å². The van der Waals surface area contributed by atoms with E-state index in [1.807, 2.05) is 32.3 Å². The van der Waals surface area contributed by atoms with Crippen molar-refractivity contribution < 1.29 is 4.74 Å². The van der Waals surface area contributed by atoms with Crippen molar-refractivity contribution in [1.82, 2.24) is 0 Å². The van der Waals surface area contributed by atoms with E-state index in [1.54, 1.807) is 0 Å². The number of ether oxygens (including phenoxy) is 1. The van der Waals surface area contributed by atoms with Gasteiger partial charge < -0.3 is 15.0 Å². The van der Waals surface area contributed by atoms with Gasteiger partial charge in [-0.15, -0.1) is 0 Å². The molecule has 3 nitrogen and oxygen atoms in total. The maximum Gasteiger partial charge on any atom is 0.200 e. The maximum atomic E-state index is 6.14. The molecule has 1 heterocycles. The molecular weight excluding hydrogens is 368 g/mol. The van der Waals surface area contributed by atoms with Crippen LogP contribution >= 0.6 is 0 Å². The molecule has 0 aliphatic carbocycles. The number of hydrogen-bond acceptors (Lipinski definition) is 3. The van der Waals surface area contributed by atoms with Gasteiger partial charge in [0.25, 0.3) is 0 Å². The molecule has 1 N–H and O–H groups in total. The number of fused-ring (bicyclic) bond motifs is 1. The number of rotatable bonds is 6. The summed E-state index contributed by atoms with van der Waals surface area (Å²) in [7, 11) is 3.99. The van der Waals surface area contributed by atoms with Crippen molar-refractivity contribution in [1.29, 1.82) is 0 Å². The van der Waals surface area contributed by atoms with Gasteiger partial charge in [-0.3, -0.25) is 0 Å². The Balaban J connectivity index is 1.75. The summed E-state index contributed by atoms with van der Waals surface area (Å²) in [6.45, 7) is 6.79. The normalized spacial score (nSPS) is 16.0. The smallest absolute Gasteiger partial charge is 0.200 e. The lowest BCUT2D eigenvalue weighted by molar-refractivity contribution is 0.440. The fraction of sp³-hybridized carbons (Fsp3) is 0.185. The summed E-state index contributed by atoms with van der Waals surface area (Å²) in [5.41, 5.74) is 5.36. The van der Waals surface area contributed by atoms with Crippen LogP contribution in [0.15, 0.2) is 103 Å². The van der Waals surface area contributed by atoms with Gasteiger partial charge in [0.2, 0.25) is 5.88 Å². The number of anilines is 2. The first-order valence-corrected chi connectivity index (χ1v) is 10.3. The van der Waals surface area contributed by atoms with Crippen molar-refractivity contribution >= 4 is 11.4 Å². The minimum absolute atomic E-state index is 0.313. The number of para-hydroxylation sites is 3. The molecule has 3 aromatic carbocycles. The zero-order valence-corrected chi connectivity index (χ0v) is 17.9. The molecule has 0 bridgehead atoms. The molecule has 0 saturated heterocycles. The second-order valence-corrected chi connectivity index (χ2v) is 7.93. The van der Waals surface area contributed by atoms with E-state index < -0.39 is 0 Å². The third-order valence-corrected chi connectivity index (χ3v) is 5.97. The van der Waals surface area contributed by atoms with E-state index in [0.717, 1.165) is 35.0 Å². The SMILES string of the molecule is C=C(/C=C1\Oc2ccccc2N1C)C(C)(Cc1ccccc1)c1ccccc1NC. The minimum atomic E-state index is -0.313. The molecule has 1 aliphatic rings. The Morgan fingerprint density at radius 1 is 1.00 bits per heavy atom. The van der Waals surface area contributed by atoms with Crippen molar-refractivity contribution in [3.63, 3.8) is 0 Å². The van der Waals surface area contributed by atoms with E-state index in [0.29, 0.717) is 0 Å². The van der Waals surface area contributed by atoms with Gasteiger partial charge in [0, 0.05) is 31.3 Å². The summed E-state index contributed by atoms with van der Waals surface area (Å²) in [5.74, 6) is 1.67. The highest BCUT2D eigenvalue weighted by molar-refractivity contribution is 5.67. The molecule has 1 aliphatic heterocycles. The van der Waals surface area contributed by atoms with E-state index in [4.69, 9.17) is 4.74 Å². The Labute approximate surface area is 179 Å². The predicted molar refractivity (Wildman–Crippen MR) is 126 cm³/mol. The van der Waals surface area contributed by atoms with Crippen LogP contribution in [-0.4, -0.2) is 14.1 Å². The maximum absolute atomic E-state index is 6.14. The molecule has 0 amide bonds. The average molecular weight is 397 g/mol. The van der Waals surface area contributed by atoms with Crippen LogP contribution < -0.4 is 15.0 Å². The molecule has 4 rings (SSSR count). The number of nitrogens with zero attached hydrogens (tertiary/aromatic N) is 1. The molecule has 152 valence electrons. The summed E-state index contributed by atoms with van der Waals surface area (Å²) < 4.78 is 6.14. The largest absolute Gasteiger partial charge is 0.439 e. The average Bonchev–Trinajstić information content (AvgIpc) is 3.09. The second kappa shape index (κ2) is 8.11. The third-order valence-electron chi connectivity index (χ3n) is 5.97. The van der Waals surface area contributed by atoms with E-state index in [1.165, 1.54) is 11.1 Å². The van der Waals surface area contributed by atoms with Gasteiger partial charge >= 0.3 is 0 Å².